The Labute approximate surface area is 88.5 Å². The van der Waals surface area contributed by atoms with Crippen LogP contribution in [0.25, 0.3) is 0 Å². The molecule has 0 aromatic rings. The van der Waals surface area contributed by atoms with E-state index in [0.717, 1.165) is 13.0 Å². The van der Waals surface area contributed by atoms with Gasteiger partial charge in [0.2, 0.25) is 0 Å². The predicted octanol–water partition coefficient (Wildman–Crippen LogP) is -0.258. The molecule has 2 unspecified atom stereocenters. The van der Waals surface area contributed by atoms with Crippen molar-refractivity contribution in [1.82, 2.24) is 5.32 Å². The number of ether oxygens (including phenoxy) is 1. The highest BCUT2D eigenvalue weighted by atomic mass is 32.2. The van der Waals surface area contributed by atoms with Gasteiger partial charge >= 0.3 is 0 Å². The van der Waals surface area contributed by atoms with E-state index >= 15 is 0 Å². The Kier molecular flexibility index (Phi) is 9.60. The molecular formula is C9H21NO3S. The highest BCUT2D eigenvalue weighted by Gasteiger charge is 2.08. The Morgan fingerprint density at radius 2 is 2.29 bits per heavy atom. The molecule has 5 heteroatoms. The summed E-state index contributed by atoms with van der Waals surface area (Å²) in [6.07, 6.45) is 0.287. The Morgan fingerprint density at radius 3 is 2.86 bits per heavy atom. The number of hydrogen-bond acceptors (Lipinski definition) is 4. The minimum Gasteiger partial charge on any atom is -0.391 e. The molecule has 4 nitrogen and oxygen atoms in total. The molecule has 0 aromatic carbocycles. The molecule has 0 aliphatic rings. The monoisotopic (exact) mass is 223 g/mol. The second-order valence-corrected chi connectivity index (χ2v) is 4.74. The predicted molar refractivity (Wildman–Crippen MR) is 58.9 cm³/mol. The number of aliphatic hydroxyl groups excluding tert-OH is 1. The van der Waals surface area contributed by atoms with Gasteiger partial charge in [0.05, 0.1) is 11.9 Å². The zero-order valence-electron chi connectivity index (χ0n) is 8.99. The lowest BCUT2D eigenvalue weighted by Gasteiger charge is -2.10. The standard InChI is InChI=1S/C9H21NO3S/c1-3-10-7-9(11)8-14(12)6-4-5-13-2/h9-11H,3-8H2,1-2H3. The summed E-state index contributed by atoms with van der Waals surface area (Å²) < 4.78 is 16.2. The molecule has 2 atom stereocenters. The number of methoxy groups -OCH3 is 1. The molecule has 0 saturated heterocycles. The van der Waals surface area contributed by atoms with Crippen LogP contribution < -0.4 is 5.32 Å². The van der Waals surface area contributed by atoms with Gasteiger partial charge in [-0.05, 0) is 13.0 Å². The molecule has 0 radical (unpaired) electrons. The number of hydrogen-bond donors (Lipinski definition) is 2. The first-order chi connectivity index (χ1) is 6.70. The molecule has 2 N–H and O–H groups in total. The summed E-state index contributed by atoms with van der Waals surface area (Å²) >= 11 is 0. The van der Waals surface area contributed by atoms with Crippen LogP contribution in [0.4, 0.5) is 0 Å². The largest absolute Gasteiger partial charge is 0.391 e. The van der Waals surface area contributed by atoms with E-state index in [2.05, 4.69) is 5.32 Å². The summed E-state index contributed by atoms with van der Waals surface area (Å²) in [6.45, 7) is 3.96. The fraction of sp³-hybridized carbons (Fsp3) is 1.00. The first-order valence-corrected chi connectivity index (χ1v) is 6.42. The van der Waals surface area contributed by atoms with Crippen molar-refractivity contribution in [3.05, 3.63) is 0 Å². The molecular weight excluding hydrogens is 202 g/mol. The van der Waals surface area contributed by atoms with Gasteiger partial charge in [0, 0.05) is 36.8 Å². The summed E-state index contributed by atoms with van der Waals surface area (Å²) in [5.74, 6) is 0.966. The maximum Gasteiger partial charge on any atom is 0.0779 e. The first-order valence-electron chi connectivity index (χ1n) is 4.93. The van der Waals surface area contributed by atoms with E-state index in [-0.39, 0.29) is 0 Å². The van der Waals surface area contributed by atoms with Gasteiger partial charge in [-0.15, -0.1) is 0 Å². The van der Waals surface area contributed by atoms with Crippen molar-refractivity contribution >= 4 is 10.8 Å². The number of nitrogens with one attached hydrogen (secondary N) is 1. The smallest absolute Gasteiger partial charge is 0.0779 e. The van der Waals surface area contributed by atoms with E-state index in [4.69, 9.17) is 4.74 Å². The van der Waals surface area contributed by atoms with Crippen LogP contribution in [0.15, 0.2) is 0 Å². The van der Waals surface area contributed by atoms with Crippen molar-refractivity contribution in [2.75, 3.05) is 38.3 Å². The van der Waals surface area contributed by atoms with Crippen LogP contribution in [-0.4, -0.2) is 53.7 Å². The molecule has 0 rings (SSSR count). The van der Waals surface area contributed by atoms with Gasteiger partial charge in [-0.25, -0.2) is 0 Å². The van der Waals surface area contributed by atoms with Gasteiger partial charge in [0.25, 0.3) is 0 Å². The average Bonchev–Trinajstić information content (AvgIpc) is 2.15. The fourth-order valence-corrected chi connectivity index (χ4v) is 2.19. The zero-order valence-corrected chi connectivity index (χ0v) is 9.81. The number of rotatable bonds is 9. The molecule has 0 bridgehead atoms. The lowest BCUT2D eigenvalue weighted by atomic mass is 10.4. The molecule has 0 amide bonds. The van der Waals surface area contributed by atoms with Gasteiger partial charge in [-0.1, -0.05) is 6.92 Å². The Bertz CT molecular complexity index is 155. The van der Waals surface area contributed by atoms with Crippen molar-refractivity contribution in [3.63, 3.8) is 0 Å². The minimum absolute atomic E-state index is 0.358. The summed E-state index contributed by atoms with van der Waals surface area (Å²) in [5.41, 5.74) is 0. The van der Waals surface area contributed by atoms with Crippen LogP contribution in [-0.2, 0) is 15.5 Å². The van der Waals surface area contributed by atoms with Crippen LogP contribution in [0.1, 0.15) is 13.3 Å². The van der Waals surface area contributed by atoms with Gasteiger partial charge < -0.3 is 15.2 Å². The van der Waals surface area contributed by atoms with Gasteiger partial charge in [0.15, 0.2) is 0 Å². The molecule has 86 valence electrons. The topological polar surface area (TPSA) is 58.6 Å². The Balaban J connectivity index is 3.40. The van der Waals surface area contributed by atoms with E-state index < -0.39 is 16.9 Å². The Morgan fingerprint density at radius 1 is 1.57 bits per heavy atom. The summed E-state index contributed by atoms with van der Waals surface area (Å²) in [4.78, 5) is 0. The van der Waals surface area contributed by atoms with E-state index in [1.807, 2.05) is 6.92 Å². The van der Waals surface area contributed by atoms with Crippen molar-refractivity contribution in [3.8, 4) is 0 Å². The lowest BCUT2D eigenvalue weighted by Crippen LogP contribution is -2.31. The fourth-order valence-electron chi connectivity index (χ4n) is 1.03. The highest BCUT2D eigenvalue weighted by molar-refractivity contribution is 7.85. The van der Waals surface area contributed by atoms with Crippen LogP contribution in [0.2, 0.25) is 0 Å². The van der Waals surface area contributed by atoms with Crippen molar-refractivity contribution < 1.29 is 14.1 Å². The minimum atomic E-state index is -0.925. The molecule has 0 aliphatic heterocycles. The van der Waals surface area contributed by atoms with Crippen LogP contribution >= 0.6 is 0 Å². The third kappa shape index (κ3) is 8.62. The quantitative estimate of drug-likeness (QED) is 0.529. The molecule has 0 aliphatic carbocycles. The molecule has 14 heavy (non-hydrogen) atoms. The van der Waals surface area contributed by atoms with Gasteiger partial charge in [-0.3, -0.25) is 4.21 Å². The third-order valence-corrected chi connectivity index (χ3v) is 3.23. The zero-order chi connectivity index (χ0) is 10.8. The van der Waals surface area contributed by atoms with Crippen molar-refractivity contribution in [2.24, 2.45) is 0 Å². The Hall–Kier alpha value is 0.0300. The normalized spacial score (nSPS) is 15.4. The number of aliphatic hydroxyl groups is 1. The second-order valence-electron chi connectivity index (χ2n) is 3.12. The van der Waals surface area contributed by atoms with E-state index in [1.165, 1.54) is 0 Å². The molecule has 0 heterocycles. The van der Waals surface area contributed by atoms with Crippen LogP contribution in [0, 0.1) is 0 Å². The molecule has 0 fully saturated rings. The second kappa shape index (κ2) is 9.58. The SMILES string of the molecule is CCNCC(O)CS(=O)CCCOC. The maximum absolute atomic E-state index is 11.4. The van der Waals surface area contributed by atoms with Gasteiger partial charge in [0.1, 0.15) is 0 Å². The van der Waals surface area contributed by atoms with Crippen molar-refractivity contribution in [2.45, 2.75) is 19.4 Å². The number of likely N-dealkylation sites (N-methyl/N-ethyl adjacent to an activating group) is 1. The third-order valence-electron chi connectivity index (χ3n) is 1.73. The van der Waals surface area contributed by atoms with Crippen molar-refractivity contribution in [1.29, 1.82) is 0 Å². The van der Waals surface area contributed by atoms with E-state index in [9.17, 15) is 9.32 Å². The highest BCUT2D eigenvalue weighted by Crippen LogP contribution is 1.92. The molecule has 0 spiro atoms. The summed E-state index contributed by atoms with van der Waals surface area (Å²) in [5, 5.41) is 12.4. The van der Waals surface area contributed by atoms with E-state index in [0.29, 0.717) is 24.7 Å². The molecule has 0 saturated carbocycles. The van der Waals surface area contributed by atoms with Crippen LogP contribution in [0.3, 0.4) is 0 Å². The average molecular weight is 223 g/mol. The maximum atomic E-state index is 11.4. The molecule has 0 aromatic heterocycles. The summed E-state index contributed by atoms with van der Waals surface area (Å²) in [7, 11) is 0.703. The summed E-state index contributed by atoms with van der Waals surface area (Å²) in [6, 6.07) is 0. The van der Waals surface area contributed by atoms with Gasteiger partial charge in [-0.2, -0.15) is 0 Å². The van der Waals surface area contributed by atoms with E-state index in [1.54, 1.807) is 7.11 Å². The first kappa shape index (κ1) is 14.0. The van der Waals surface area contributed by atoms with Crippen LogP contribution in [0.5, 0.6) is 0 Å². The lowest BCUT2D eigenvalue weighted by molar-refractivity contribution is 0.194.